The van der Waals surface area contributed by atoms with Crippen molar-refractivity contribution in [3.8, 4) is 0 Å². The van der Waals surface area contributed by atoms with Crippen LogP contribution in [0.3, 0.4) is 0 Å². The minimum atomic E-state index is -1.05. The Balaban J connectivity index is 2.31. The van der Waals surface area contributed by atoms with Crippen LogP contribution in [0.1, 0.15) is 16.2 Å². The zero-order valence-corrected chi connectivity index (χ0v) is 9.88. The summed E-state index contributed by atoms with van der Waals surface area (Å²) in [5.74, 6) is -1.05. The van der Waals surface area contributed by atoms with Crippen LogP contribution in [0.4, 0.5) is 0 Å². The van der Waals surface area contributed by atoms with E-state index in [1.54, 1.807) is 13.1 Å². The molecular formula is C9H7N3O2S2. The third-order valence-corrected chi connectivity index (χ3v) is 3.39. The lowest BCUT2D eigenvalue weighted by Gasteiger charge is -2.00. The fraction of sp³-hybridized carbons (Fsp3) is 0.111. The molecule has 0 atom stereocenters. The molecule has 2 rings (SSSR count). The maximum atomic E-state index is 10.8. The Morgan fingerprint density at radius 2 is 2.31 bits per heavy atom. The first-order valence-electron chi connectivity index (χ1n) is 4.31. The summed E-state index contributed by atoms with van der Waals surface area (Å²) in [5.41, 5.74) is 0.637. The van der Waals surface area contributed by atoms with Gasteiger partial charge in [0.1, 0.15) is 0 Å². The van der Waals surface area contributed by atoms with E-state index < -0.39 is 5.97 Å². The van der Waals surface area contributed by atoms with Crippen LogP contribution in [0.5, 0.6) is 0 Å². The average Bonchev–Trinajstić information content (AvgIpc) is 2.69. The van der Waals surface area contributed by atoms with Gasteiger partial charge in [-0.15, -0.1) is 11.3 Å². The first-order valence-corrected chi connectivity index (χ1v) is 6.01. The number of thiazole rings is 1. The Hall–Kier alpha value is -1.47. The summed E-state index contributed by atoms with van der Waals surface area (Å²) in [6.45, 7) is 1.74. The number of aromatic nitrogens is 3. The Bertz CT molecular complexity index is 513. The molecule has 0 fully saturated rings. The van der Waals surface area contributed by atoms with Crippen molar-refractivity contribution >= 4 is 29.1 Å². The van der Waals surface area contributed by atoms with Crippen molar-refractivity contribution in [3.63, 3.8) is 0 Å². The summed E-state index contributed by atoms with van der Waals surface area (Å²) in [5, 5.41) is 11.1. The molecule has 0 aliphatic heterocycles. The summed E-state index contributed by atoms with van der Waals surface area (Å²) < 4.78 is 0.793. The maximum Gasteiger partial charge on any atom is 0.354 e. The van der Waals surface area contributed by atoms with Crippen LogP contribution < -0.4 is 0 Å². The molecule has 0 bridgehead atoms. The molecule has 0 radical (unpaired) electrons. The van der Waals surface area contributed by atoms with Crippen LogP contribution in [-0.2, 0) is 0 Å². The van der Waals surface area contributed by atoms with Crippen LogP contribution >= 0.6 is 23.1 Å². The number of nitrogens with zero attached hydrogens (tertiary/aromatic N) is 3. The highest BCUT2D eigenvalue weighted by Crippen LogP contribution is 2.26. The van der Waals surface area contributed by atoms with E-state index in [4.69, 9.17) is 5.11 Å². The molecule has 2 aromatic heterocycles. The van der Waals surface area contributed by atoms with Crippen molar-refractivity contribution in [3.05, 3.63) is 29.0 Å². The SMILES string of the molecule is Cc1cc(C(=O)O)nc(Sc2nccs2)n1. The highest BCUT2D eigenvalue weighted by atomic mass is 32.2. The largest absolute Gasteiger partial charge is 0.477 e. The molecule has 1 N–H and O–H groups in total. The van der Waals surface area contributed by atoms with Gasteiger partial charge in [-0.2, -0.15) is 0 Å². The van der Waals surface area contributed by atoms with E-state index in [0.717, 1.165) is 4.34 Å². The molecule has 7 heteroatoms. The number of carbonyl (C=O) groups is 1. The second-order valence-corrected chi connectivity index (χ2v) is 4.99. The Morgan fingerprint density at radius 3 is 2.94 bits per heavy atom. The first kappa shape index (κ1) is 11.0. The molecular weight excluding hydrogens is 246 g/mol. The van der Waals surface area contributed by atoms with Crippen LogP contribution in [0.25, 0.3) is 0 Å². The van der Waals surface area contributed by atoms with Crippen molar-refractivity contribution in [1.82, 2.24) is 15.0 Å². The van der Waals surface area contributed by atoms with E-state index in [9.17, 15) is 4.79 Å². The number of carboxylic acids is 1. The summed E-state index contributed by atoms with van der Waals surface area (Å²) in [6, 6.07) is 1.44. The highest BCUT2D eigenvalue weighted by Gasteiger charge is 2.10. The van der Waals surface area contributed by atoms with E-state index in [0.29, 0.717) is 10.9 Å². The minimum absolute atomic E-state index is 0.00607. The quantitative estimate of drug-likeness (QED) is 0.844. The average molecular weight is 253 g/mol. The van der Waals surface area contributed by atoms with Crippen LogP contribution in [0.2, 0.25) is 0 Å². The maximum absolute atomic E-state index is 10.8. The van der Waals surface area contributed by atoms with Gasteiger partial charge >= 0.3 is 5.97 Å². The number of carboxylic acid groups (broad SMARTS) is 1. The van der Waals surface area contributed by atoms with Crippen LogP contribution in [0, 0.1) is 6.92 Å². The van der Waals surface area contributed by atoms with Crippen molar-refractivity contribution in [2.75, 3.05) is 0 Å². The number of hydrogen-bond acceptors (Lipinski definition) is 6. The molecule has 0 unspecified atom stereocenters. The second-order valence-electron chi connectivity index (χ2n) is 2.88. The summed E-state index contributed by atoms with van der Waals surface area (Å²) in [6.07, 6.45) is 1.68. The van der Waals surface area contributed by atoms with Crippen molar-refractivity contribution in [2.45, 2.75) is 16.4 Å². The molecule has 0 saturated heterocycles. The molecule has 5 nitrogen and oxygen atoms in total. The second kappa shape index (κ2) is 4.58. The number of aryl methyl sites for hydroxylation is 1. The molecule has 0 amide bonds. The van der Waals surface area contributed by atoms with E-state index in [2.05, 4.69) is 15.0 Å². The van der Waals surface area contributed by atoms with E-state index in [1.807, 2.05) is 5.38 Å². The molecule has 0 aliphatic rings. The summed E-state index contributed by atoms with van der Waals surface area (Å²) in [4.78, 5) is 22.9. The predicted octanol–water partition coefficient (Wildman–Crippen LogP) is 2.09. The van der Waals surface area contributed by atoms with Gasteiger partial charge in [-0.3, -0.25) is 0 Å². The van der Waals surface area contributed by atoms with E-state index in [-0.39, 0.29) is 5.69 Å². The van der Waals surface area contributed by atoms with Crippen molar-refractivity contribution in [1.29, 1.82) is 0 Å². The Morgan fingerprint density at radius 1 is 1.50 bits per heavy atom. The summed E-state index contributed by atoms with van der Waals surface area (Å²) in [7, 11) is 0. The van der Waals surface area contributed by atoms with Gasteiger partial charge in [0.15, 0.2) is 15.2 Å². The van der Waals surface area contributed by atoms with Crippen LogP contribution in [-0.4, -0.2) is 26.0 Å². The van der Waals surface area contributed by atoms with Crippen molar-refractivity contribution < 1.29 is 9.90 Å². The topological polar surface area (TPSA) is 76.0 Å². The van der Waals surface area contributed by atoms with Gasteiger partial charge in [-0.25, -0.2) is 19.7 Å². The van der Waals surface area contributed by atoms with Gasteiger partial charge in [0.25, 0.3) is 0 Å². The number of aromatic carboxylic acids is 1. The lowest BCUT2D eigenvalue weighted by molar-refractivity contribution is 0.0689. The minimum Gasteiger partial charge on any atom is -0.477 e. The fourth-order valence-electron chi connectivity index (χ4n) is 1.04. The molecule has 82 valence electrons. The van der Waals surface area contributed by atoms with Gasteiger partial charge < -0.3 is 5.11 Å². The zero-order chi connectivity index (χ0) is 11.5. The molecule has 0 spiro atoms. The third kappa shape index (κ3) is 2.56. The lowest BCUT2D eigenvalue weighted by Crippen LogP contribution is -2.03. The molecule has 0 aliphatic carbocycles. The molecule has 16 heavy (non-hydrogen) atoms. The monoisotopic (exact) mass is 253 g/mol. The normalized spacial score (nSPS) is 10.3. The molecule has 0 saturated carbocycles. The lowest BCUT2D eigenvalue weighted by atomic mass is 10.3. The Kier molecular flexibility index (Phi) is 3.16. The van der Waals surface area contributed by atoms with Gasteiger partial charge in [-0.05, 0) is 24.8 Å². The Labute approximate surface area is 99.6 Å². The predicted molar refractivity (Wildman–Crippen MR) is 60.0 cm³/mol. The van der Waals surface area contributed by atoms with E-state index >= 15 is 0 Å². The highest BCUT2D eigenvalue weighted by molar-refractivity contribution is 8.00. The summed E-state index contributed by atoms with van der Waals surface area (Å²) >= 11 is 2.72. The van der Waals surface area contributed by atoms with Gasteiger partial charge in [0.05, 0.1) is 0 Å². The standard InChI is InChI=1S/C9H7N3O2S2/c1-5-4-6(7(13)14)12-8(11-5)16-9-10-2-3-15-9/h2-4H,1H3,(H,13,14). The number of rotatable bonds is 3. The van der Waals surface area contributed by atoms with Gasteiger partial charge in [0, 0.05) is 17.3 Å². The first-order chi connectivity index (χ1) is 7.65. The van der Waals surface area contributed by atoms with Crippen molar-refractivity contribution in [2.24, 2.45) is 0 Å². The molecule has 2 aromatic rings. The van der Waals surface area contributed by atoms with Crippen LogP contribution in [0.15, 0.2) is 27.1 Å². The zero-order valence-electron chi connectivity index (χ0n) is 8.25. The fourth-order valence-corrected chi connectivity index (χ4v) is 2.58. The smallest absolute Gasteiger partial charge is 0.354 e. The van der Waals surface area contributed by atoms with Gasteiger partial charge in [0.2, 0.25) is 0 Å². The molecule has 2 heterocycles. The van der Waals surface area contributed by atoms with Gasteiger partial charge in [-0.1, -0.05) is 0 Å². The number of hydrogen-bond donors (Lipinski definition) is 1. The van der Waals surface area contributed by atoms with E-state index in [1.165, 1.54) is 29.2 Å². The molecule has 0 aromatic carbocycles. The third-order valence-electron chi connectivity index (χ3n) is 1.64.